The minimum Gasteiger partial charge on any atom is -0.493 e. The molecule has 2 rings (SSSR count). The number of nitrogens with one attached hydrogen (secondary N) is 1. The number of methoxy groups -OCH3 is 3. The van der Waals surface area contributed by atoms with Crippen molar-refractivity contribution in [1.82, 2.24) is 5.32 Å². The summed E-state index contributed by atoms with van der Waals surface area (Å²) in [6.45, 7) is 2.90. The van der Waals surface area contributed by atoms with Crippen LogP contribution in [0.2, 0.25) is 0 Å². The summed E-state index contributed by atoms with van der Waals surface area (Å²) < 4.78 is 16.4. The lowest BCUT2D eigenvalue weighted by Gasteiger charge is -2.21. The van der Waals surface area contributed by atoms with Crippen molar-refractivity contribution in [3.63, 3.8) is 0 Å². The lowest BCUT2D eigenvalue weighted by atomic mass is 10.0. The molecule has 0 amide bonds. The van der Waals surface area contributed by atoms with Crippen LogP contribution < -0.4 is 19.5 Å². The lowest BCUT2D eigenvalue weighted by Crippen LogP contribution is -2.21. The van der Waals surface area contributed by atoms with Crippen LogP contribution in [0.1, 0.15) is 36.9 Å². The highest BCUT2D eigenvalue weighted by Gasteiger charge is 2.17. The molecular formula is C20H27NO3. The fraction of sp³-hybridized carbons (Fsp3) is 0.400. The molecule has 130 valence electrons. The molecule has 1 unspecified atom stereocenters. The van der Waals surface area contributed by atoms with Crippen LogP contribution >= 0.6 is 0 Å². The smallest absolute Gasteiger partial charge is 0.203 e. The predicted molar refractivity (Wildman–Crippen MR) is 97.0 cm³/mol. The highest BCUT2D eigenvalue weighted by molar-refractivity contribution is 5.55. The van der Waals surface area contributed by atoms with E-state index in [9.17, 15) is 0 Å². The second-order valence-corrected chi connectivity index (χ2v) is 5.63. The number of hydrogen-bond acceptors (Lipinski definition) is 4. The Balaban J connectivity index is 2.20. The molecule has 0 spiro atoms. The van der Waals surface area contributed by atoms with E-state index in [2.05, 4.69) is 36.5 Å². The summed E-state index contributed by atoms with van der Waals surface area (Å²) >= 11 is 0. The Bertz CT molecular complexity index is 628. The summed E-state index contributed by atoms with van der Waals surface area (Å²) in [6.07, 6.45) is 2.20. The molecule has 0 fully saturated rings. The van der Waals surface area contributed by atoms with Crippen molar-refractivity contribution in [3.05, 3.63) is 53.6 Å². The highest BCUT2D eigenvalue weighted by Crippen LogP contribution is 2.39. The summed E-state index contributed by atoms with van der Waals surface area (Å²) in [6, 6.07) is 14.8. The number of ether oxygens (including phenoxy) is 3. The fourth-order valence-electron chi connectivity index (χ4n) is 2.90. The predicted octanol–water partition coefficient (Wildman–Crippen LogP) is 4.34. The molecule has 1 atom stereocenters. The third-order valence-electron chi connectivity index (χ3n) is 4.10. The van der Waals surface area contributed by atoms with Gasteiger partial charge in [-0.15, -0.1) is 0 Å². The van der Waals surface area contributed by atoms with Crippen molar-refractivity contribution in [2.75, 3.05) is 21.3 Å². The Morgan fingerprint density at radius 3 is 2.17 bits per heavy atom. The van der Waals surface area contributed by atoms with Crippen LogP contribution in [0.25, 0.3) is 0 Å². The fourth-order valence-corrected chi connectivity index (χ4v) is 2.90. The second kappa shape index (κ2) is 9.18. The SMILES string of the molecule is CCCC(NCc1ccc(OC)c(OC)c1OC)c1ccccc1. The van der Waals surface area contributed by atoms with Gasteiger partial charge in [-0.1, -0.05) is 49.7 Å². The van der Waals surface area contributed by atoms with E-state index in [1.54, 1.807) is 21.3 Å². The van der Waals surface area contributed by atoms with E-state index in [1.165, 1.54) is 5.56 Å². The molecule has 0 aliphatic carbocycles. The zero-order valence-electron chi connectivity index (χ0n) is 15.0. The molecule has 2 aromatic carbocycles. The van der Waals surface area contributed by atoms with E-state index in [-0.39, 0.29) is 0 Å². The third kappa shape index (κ3) is 4.20. The normalized spacial score (nSPS) is 11.8. The first kappa shape index (κ1) is 18.1. The molecule has 0 saturated carbocycles. The third-order valence-corrected chi connectivity index (χ3v) is 4.10. The van der Waals surface area contributed by atoms with Gasteiger partial charge in [0.15, 0.2) is 11.5 Å². The van der Waals surface area contributed by atoms with E-state index >= 15 is 0 Å². The second-order valence-electron chi connectivity index (χ2n) is 5.63. The first-order valence-corrected chi connectivity index (χ1v) is 8.31. The Labute approximate surface area is 144 Å². The number of hydrogen-bond donors (Lipinski definition) is 1. The van der Waals surface area contributed by atoms with Gasteiger partial charge in [0.1, 0.15) is 0 Å². The summed E-state index contributed by atoms with van der Waals surface area (Å²) in [5.41, 5.74) is 2.35. The van der Waals surface area contributed by atoms with E-state index in [0.29, 0.717) is 29.8 Å². The lowest BCUT2D eigenvalue weighted by molar-refractivity contribution is 0.321. The van der Waals surface area contributed by atoms with Crippen LogP contribution in [-0.4, -0.2) is 21.3 Å². The Morgan fingerprint density at radius 2 is 1.58 bits per heavy atom. The summed E-state index contributed by atoms with van der Waals surface area (Å²) in [7, 11) is 4.91. The zero-order chi connectivity index (χ0) is 17.4. The van der Waals surface area contributed by atoms with E-state index in [4.69, 9.17) is 14.2 Å². The van der Waals surface area contributed by atoms with E-state index < -0.39 is 0 Å². The summed E-state index contributed by atoms with van der Waals surface area (Å²) in [5.74, 6) is 2.02. The first-order valence-electron chi connectivity index (χ1n) is 8.31. The summed E-state index contributed by atoms with van der Waals surface area (Å²) in [5, 5.41) is 3.64. The average Bonchev–Trinajstić information content (AvgIpc) is 2.64. The summed E-state index contributed by atoms with van der Waals surface area (Å²) in [4.78, 5) is 0. The van der Waals surface area contributed by atoms with Crippen LogP contribution in [-0.2, 0) is 6.54 Å². The van der Waals surface area contributed by atoms with Gasteiger partial charge in [-0.2, -0.15) is 0 Å². The molecule has 0 aromatic heterocycles. The molecule has 0 bridgehead atoms. The molecule has 0 heterocycles. The minimum atomic E-state index is 0.314. The highest BCUT2D eigenvalue weighted by atomic mass is 16.5. The molecule has 4 nitrogen and oxygen atoms in total. The quantitative estimate of drug-likeness (QED) is 0.743. The van der Waals surface area contributed by atoms with E-state index in [0.717, 1.165) is 18.4 Å². The van der Waals surface area contributed by atoms with Gasteiger partial charge in [0, 0.05) is 18.2 Å². The van der Waals surface area contributed by atoms with Gasteiger partial charge in [0.25, 0.3) is 0 Å². The standard InChI is InChI=1S/C20H27NO3/c1-5-9-17(15-10-7-6-8-11-15)21-14-16-12-13-18(22-2)20(24-4)19(16)23-3/h6-8,10-13,17,21H,5,9,14H2,1-4H3. The van der Waals surface area contributed by atoms with Gasteiger partial charge >= 0.3 is 0 Å². The van der Waals surface area contributed by atoms with Crippen LogP contribution in [0.15, 0.2) is 42.5 Å². The molecular weight excluding hydrogens is 302 g/mol. The molecule has 0 saturated heterocycles. The van der Waals surface area contributed by atoms with Crippen molar-refractivity contribution in [2.45, 2.75) is 32.4 Å². The molecule has 0 aliphatic rings. The maximum Gasteiger partial charge on any atom is 0.203 e. The first-order chi connectivity index (χ1) is 11.7. The monoisotopic (exact) mass is 329 g/mol. The molecule has 0 radical (unpaired) electrons. The van der Waals surface area contributed by atoms with Gasteiger partial charge in [-0.25, -0.2) is 0 Å². The maximum absolute atomic E-state index is 5.56. The Morgan fingerprint density at radius 1 is 0.875 bits per heavy atom. The van der Waals surface area contributed by atoms with Gasteiger partial charge in [0.2, 0.25) is 5.75 Å². The van der Waals surface area contributed by atoms with Crippen LogP contribution in [0.4, 0.5) is 0 Å². The zero-order valence-corrected chi connectivity index (χ0v) is 15.0. The van der Waals surface area contributed by atoms with Crippen molar-refractivity contribution in [1.29, 1.82) is 0 Å². The van der Waals surface area contributed by atoms with Crippen molar-refractivity contribution >= 4 is 0 Å². The van der Waals surface area contributed by atoms with Gasteiger partial charge in [0.05, 0.1) is 21.3 Å². The van der Waals surface area contributed by atoms with E-state index in [1.807, 2.05) is 18.2 Å². The number of rotatable bonds is 9. The molecule has 4 heteroatoms. The van der Waals surface area contributed by atoms with Crippen LogP contribution in [0, 0.1) is 0 Å². The van der Waals surface area contributed by atoms with Crippen LogP contribution in [0.3, 0.4) is 0 Å². The van der Waals surface area contributed by atoms with Gasteiger partial charge < -0.3 is 19.5 Å². The van der Waals surface area contributed by atoms with Crippen molar-refractivity contribution in [2.24, 2.45) is 0 Å². The van der Waals surface area contributed by atoms with Gasteiger partial charge in [-0.3, -0.25) is 0 Å². The molecule has 1 N–H and O–H groups in total. The van der Waals surface area contributed by atoms with Crippen LogP contribution in [0.5, 0.6) is 17.2 Å². The molecule has 24 heavy (non-hydrogen) atoms. The topological polar surface area (TPSA) is 39.7 Å². The largest absolute Gasteiger partial charge is 0.493 e. The Kier molecular flexibility index (Phi) is 6.94. The maximum atomic E-state index is 5.56. The van der Waals surface area contributed by atoms with Crippen molar-refractivity contribution in [3.8, 4) is 17.2 Å². The van der Waals surface area contributed by atoms with Gasteiger partial charge in [-0.05, 0) is 18.1 Å². The van der Waals surface area contributed by atoms with Crippen molar-refractivity contribution < 1.29 is 14.2 Å². The average molecular weight is 329 g/mol. The molecule has 0 aliphatic heterocycles. The minimum absolute atomic E-state index is 0.314. The Hall–Kier alpha value is -2.20. The molecule has 2 aromatic rings. The number of benzene rings is 2.